The van der Waals surface area contributed by atoms with E-state index in [0.717, 1.165) is 0 Å². The monoisotopic (exact) mass is 269 g/mol. The molecule has 2 rings (SSSR count). The SMILES string of the molecule is COC(=O)c1ccc(C#Cc2cc(F)ccc2N)cc1. The number of halogens is 1. The molecular formula is C16H12FNO2. The molecule has 2 aromatic carbocycles. The van der Waals surface area contributed by atoms with Gasteiger partial charge in [-0.1, -0.05) is 11.8 Å². The average Bonchev–Trinajstić information content (AvgIpc) is 2.48. The van der Waals surface area contributed by atoms with Crippen LogP contribution in [-0.4, -0.2) is 13.1 Å². The van der Waals surface area contributed by atoms with Crippen molar-refractivity contribution in [2.24, 2.45) is 0 Å². The van der Waals surface area contributed by atoms with Gasteiger partial charge >= 0.3 is 5.97 Å². The maximum absolute atomic E-state index is 13.1. The summed E-state index contributed by atoms with van der Waals surface area (Å²) in [5.41, 5.74) is 7.70. The number of methoxy groups -OCH3 is 1. The molecule has 0 saturated heterocycles. The highest BCUT2D eigenvalue weighted by molar-refractivity contribution is 5.89. The normalized spacial score (nSPS) is 9.50. The van der Waals surface area contributed by atoms with Crippen molar-refractivity contribution in [1.29, 1.82) is 0 Å². The number of nitrogens with two attached hydrogens (primary N) is 1. The Morgan fingerprint density at radius 2 is 1.85 bits per heavy atom. The molecule has 0 radical (unpaired) electrons. The molecule has 0 spiro atoms. The minimum Gasteiger partial charge on any atom is -0.465 e. The van der Waals surface area contributed by atoms with Gasteiger partial charge in [-0.25, -0.2) is 9.18 Å². The molecule has 20 heavy (non-hydrogen) atoms. The lowest BCUT2D eigenvalue weighted by molar-refractivity contribution is 0.0600. The van der Waals surface area contributed by atoms with Gasteiger partial charge in [0.2, 0.25) is 0 Å². The van der Waals surface area contributed by atoms with Crippen LogP contribution in [0.1, 0.15) is 21.5 Å². The van der Waals surface area contributed by atoms with Crippen LogP contribution in [0, 0.1) is 17.7 Å². The second-order valence-corrected chi connectivity index (χ2v) is 4.05. The highest BCUT2D eigenvalue weighted by Gasteiger charge is 2.03. The Labute approximate surface area is 116 Å². The van der Waals surface area contributed by atoms with E-state index in [1.165, 1.54) is 25.3 Å². The van der Waals surface area contributed by atoms with Crippen molar-refractivity contribution in [3.05, 3.63) is 65.0 Å². The van der Waals surface area contributed by atoms with Crippen LogP contribution in [0.2, 0.25) is 0 Å². The molecule has 0 heterocycles. The van der Waals surface area contributed by atoms with Crippen molar-refractivity contribution in [1.82, 2.24) is 0 Å². The second-order valence-electron chi connectivity index (χ2n) is 4.05. The fraction of sp³-hybridized carbons (Fsp3) is 0.0625. The lowest BCUT2D eigenvalue weighted by Crippen LogP contribution is -2.00. The van der Waals surface area contributed by atoms with Crippen LogP contribution in [0.4, 0.5) is 10.1 Å². The summed E-state index contributed by atoms with van der Waals surface area (Å²) < 4.78 is 17.7. The van der Waals surface area contributed by atoms with E-state index in [1.807, 2.05) is 0 Å². The van der Waals surface area contributed by atoms with Gasteiger partial charge in [-0.3, -0.25) is 0 Å². The molecule has 100 valence electrons. The molecular weight excluding hydrogens is 257 g/mol. The van der Waals surface area contributed by atoms with Crippen LogP contribution in [-0.2, 0) is 4.74 Å². The van der Waals surface area contributed by atoms with E-state index in [1.54, 1.807) is 24.3 Å². The second kappa shape index (κ2) is 5.89. The zero-order valence-electron chi connectivity index (χ0n) is 10.8. The first-order chi connectivity index (χ1) is 9.60. The molecule has 2 N–H and O–H groups in total. The van der Waals surface area contributed by atoms with Gasteiger partial charge < -0.3 is 10.5 Å². The molecule has 0 unspecified atom stereocenters. The van der Waals surface area contributed by atoms with Gasteiger partial charge in [-0.15, -0.1) is 0 Å². The molecule has 4 heteroatoms. The van der Waals surface area contributed by atoms with Gasteiger partial charge in [0.05, 0.1) is 18.2 Å². The van der Waals surface area contributed by atoms with Gasteiger partial charge in [-0.2, -0.15) is 0 Å². The van der Waals surface area contributed by atoms with Crippen LogP contribution in [0.15, 0.2) is 42.5 Å². The number of carbonyl (C=O) groups is 1. The van der Waals surface area contributed by atoms with Gasteiger partial charge in [0.15, 0.2) is 0 Å². The van der Waals surface area contributed by atoms with Gasteiger partial charge in [0.25, 0.3) is 0 Å². The number of hydrogen-bond donors (Lipinski definition) is 1. The van der Waals surface area contributed by atoms with E-state index in [2.05, 4.69) is 16.6 Å². The molecule has 3 nitrogen and oxygen atoms in total. The summed E-state index contributed by atoms with van der Waals surface area (Å²) in [7, 11) is 1.32. The number of rotatable bonds is 1. The number of nitrogen functional groups attached to an aromatic ring is 1. The molecule has 0 aliphatic rings. The highest BCUT2D eigenvalue weighted by Crippen LogP contribution is 2.12. The third-order valence-corrected chi connectivity index (χ3v) is 2.66. The number of esters is 1. The first-order valence-electron chi connectivity index (χ1n) is 5.85. The summed E-state index contributed by atoms with van der Waals surface area (Å²) in [6.45, 7) is 0. The highest BCUT2D eigenvalue weighted by atomic mass is 19.1. The van der Waals surface area contributed by atoms with E-state index in [0.29, 0.717) is 22.4 Å². The van der Waals surface area contributed by atoms with Crippen molar-refractivity contribution in [2.75, 3.05) is 12.8 Å². The van der Waals surface area contributed by atoms with Crippen molar-refractivity contribution in [3.8, 4) is 11.8 Å². The number of benzene rings is 2. The first kappa shape index (κ1) is 13.6. The maximum atomic E-state index is 13.1. The molecule has 0 atom stereocenters. The van der Waals surface area contributed by atoms with Crippen LogP contribution >= 0.6 is 0 Å². The Kier molecular flexibility index (Phi) is 4.02. The minimum atomic E-state index is -0.404. The van der Waals surface area contributed by atoms with Crippen molar-refractivity contribution < 1.29 is 13.9 Å². The number of hydrogen-bond acceptors (Lipinski definition) is 3. The van der Waals surface area contributed by atoms with Crippen LogP contribution in [0.25, 0.3) is 0 Å². The third kappa shape index (κ3) is 3.15. The van der Waals surface area contributed by atoms with E-state index in [9.17, 15) is 9.18 Å². The molecule has 0 bridgehead atoms. The number of carbonyl (C=O) groups excluding carboxylic acids is 1. The van der Waals surface area contributed by atoms with Crippen LogP contribution < -0.4 is 5.73 Å². The largest absolute Gasteiger partial charge is 0.465 e. The Morgan fingerprint density at radius 1 is 1.15 bits per heavy atom. The van der Waals surface area contributed by atoms with Crippen molar-refractivity contribution in [2.45, 2.75) is 0 Å². The fourth-order valence-electron chi connectivity index (χ4n) is 1.58. The Hall–Kier alpha value is -2.80. The average molecular weight is 269 g/mol. The zero-order valence-corrected chi connectivity index (χ0v) is 10.8. The maximum Gasteiger partial charge on any atom is 0.337 e. The predicted octanol–water partition coefficient (Wildman–Crippen LogP) is 2.59. The smallest absolute Gasteiger partial charge is 0.337 e. The number of ether oxygens (including phenoxy) is 1. The molecule has 0 aliphatic carbocycles. The Bertz CT molecular complexity index is 697. The molecule has 0 amide bonds. The molecule has 0 saturated carbocycles. The summed E-state index contributed by atoms with van der Waals surface area (Å²) in [6, 6.07) is 10.6. The van der Waals surface area contributed by atoms with Gasteiger partial charge in [0.1, 0.15) is 5.82 Å². The van der Waals surface area contributed by atoms with E-state index in [4.69, 9.17) is 5.73 Å². The standard InChI is InChI=1S/C16H12FNO2/c1-20-16(19)12-5-2-11(3-6-12)4-7-13-10-14(17)8-9-15(13)18/h2-3,5-6,8-10H,18H2,1H3. The van der Waals surface area contributed by atoms with Crippen molar-refractivity contribution in [3.63, 3.8) is 0 Å². The predicted molar refractivity (Wildman–Crippen MR) is 74.6 cm³/mol. The minimum absolute atomic E-state index is 0.385. The van der Waals surface area contributed by atoms with E-state index < -0.39 is 5.97 Å². The van der Waals surface area contributed by atoms with Crippen LogP contribution in [0.3, 0.4) is 0 Å². The topological polar surface area (TPSA) is 52.3 Å². The zero-order chi connectivity index (χ0) is 14.5. The summed E-state index contributed by atoms with van der Waals surface area (Å²) in [4.78, 5) is 11.3. The lowest BCUT2D eigenvalue weighted by atomic mass is 10.1. The van der Waals surface area contributed by atoms with E-state index in [-0.39, 0.29) is 5.82 Å². The molecule has 0 aromatic heterocycles. The lowest BCUT2D eigenvalue weighted by Gasteiger charge is -1.99. The Morgan fingerprint density at radius 3 is 2.50 bits per heavy atom. The quantitative estimate of drug-likeness (QED) is 0.492. The summed E-state index contributed by atoms with van der Waals surface area (Å²) >= 11 is 0. The molecule has 0 fully saturated rings. The van der Waals surface area contributed by atoms with Gasteiger partial charge in [0, 0.05) is 11.3 Å². The summed E-state index contributed by atoms with van der Waals surface area (Å²) in [6.07, 6.45) is 0. The van der Waals surface area contributed by atoms with E-state index >= 15 is 0 Å². The molecule has 2 aromatic rings. The summed E-state index contributed by atoms with van der Waals surface area (Å²) in [5, 5.41) is 0. The molecule has 0 aliphatic heterocycles. The first-order valence-corrected chi connectivity index (χ1v) is 5.85. The number of anilines is 1. The third-order valence-electron chi connectivity index (χ3n) is 2.66. The van der Waals surface area contributed by atoms with Crippen LogP contribution in [0.5, 0.6) is 0 Å². The fourth-order valence-corrected chi connectivity index (χ4v) is 1.58. The van der Waals surface area contributed by atoms with Crippen molar-refractivity contribution >= 4 is 11.7 Å². The summed E-state index contributed by atoms with van der Waals surface area (Å²) in [5.74, 6) is 4.88. The Balaban J connectivity index is 2.25. The van der Waals surface area contributed by atoms with Gasteiger partial charge in [-0.05, 0) is 42.5 Å².